The van der Waals surface area contributed by atoms with Gasteiger partial charge in [-0.15, -0.1) is 0 Å². The molecule has 4 heteroatoms. The minimum absolute atomic E-state index is 0.318. The van der Waals surface area contributed by atoms with E-state index in [9.17, 15) is 5.11 Å². The van der Waals surface area contributed by atoms with Crippen LogP contribution in [0.4, 0.5) is 5.82 Å². The highest BCUT2D eigenvalue weighted by Crippen LogP contribution is 2.21. The van der Waals surface area contributed by atoms with Crippen molar-refractivity contribution in [3.05, 3.63) is 23.9 Å². The molecule has 0 aromatic carbocycles. The molecule has 88 valence electrons. The summed E-state index contributed by atoms with van der Waals surface area (Å²) in [5, 5.41) is 9.39. The Labute approximate surface area is 95.9 Å². The summed E-state index contributed by atoms with van der Waals surface area (Å²) in [5.41, 5.74) is 0.853. The number of aliphatic hydroxyl groups is 1. The average molecular weight is 222 g/mol. The molecule has 1 aliphatic rings. The molecule has 1 saturated heterocycles. The number of anilines is 1. The van der Waals surface area contributed by atoms with Gasteiger partial charge in [-0.05, 0) is 25.0 Å². The molecule has 0 radical (unpaired) electrons. The van der Waals surface area contributed by atoms with Crippen LogP contribution in [0.15, 0.2) is 18.3 Å². The third-order valence-electron chi connectivity index (χ3n) is 3.06. The quantitative estimate of drug-likeness (QED) is 0.838. The molecule has 0 spiro atoms. The van der Waals surface area contributed by atoms with Gasteiger partial charge in [0.15, 0.2) is 0 Å². The SMILES string of the molecule is COC1CCN(c2ccc(C(C)O)cn2)C1. The molecular formula is C12H18N2O2. The van der Waals surface area contributed by atoms with Crippen molar-refractivity contribution in [1.29, 1.82) is 0 Å². The number of rotatable bonds is 3. The van der Waals surface area contributed by atoms with Gasteiger partial charge in [0.1, 0.15) is 5.82 Å². The highest BCUT2D eigenvalue weighted by molar-refractivity contribution is 5.41. The minimum atomic E-state index is -0.452. The first kappa shape index (κ1) is 11.4. The fraction of sp³-hybridized carbons (Fsp3) is 0.583. The second-order valence-electron chi connectivity index (χ2n) is 4.22. The number of methoxy groups -OCH3 is 1. The topological polar surface area (TPSA) is 45.6 Å². The molecule has 0 amide bonds. The zero-order valence-electron chi connectivity index (χ0n) is 9.76. The first-order valence-electron chi connectivity index (χ1n) is 5.62. The Bertz CT molecular complexity index is 337. The molecule has 0 bridgehead atoms. The molecule has 16 heavy (non-hydrogen) atoms. The van der Waals surface area contributed by atoms with E-state index in [0.717, 1.165) is 30.9 Å². The molecule has 0 saturated carbocycles. The Hall–Kier alpha value is -1.13. The van der Waals surface area contributed by atoms with Gasteiger partial charge in [-0.3, -0.25) is 0 Å². The summed E-state index contributed by atoms with van der Waals surface area (Å²) in [6.07, 6.45) is 2.65. The molecule has 1 fully saturated rings. The number of hydrogen-bond acceptors (Lipinski definition) is 4. The monoisotopic (exact) mass is 222 g/mol. The molecule has 2 atom stereocenters. The maximum absolute atomic E-state index is 9.39. The summed E-state index contributed by atoms with van der Waals surface area (Å²) in [7, 11) is 1.75. The van der Waals surface area contributed by atoms with Crippen LogP contribution in [0.3, 0.4) is 0 Å². The summed E-state index contributed by atoms with van der Waals surface area (Å²) in [5.74, 6) is 0.962. The standard InChI is InChI=1S/C12H18N2O2/c1-9(15)10-3-4-12(13-7-10)14-6-5-11(8-14)16-2/h3-4,7,9,11,15H,5-6,8H2,1-2H3. The van der Waals surface area contributed by atoms with E-state index < -0.39 is 6.10 Å². The molecule has 4 nitrogen and oxygen atoms in total. The summed E-state index contributed by atoms with van der Waals surface area (Å²) >= 11 is 0. The van der Waals surface area contributed by atoms with Crippen LogP contribution in [0, 0.1) is 0 Å². The lowest BCUT2D eigenvalue weighted by molar-refractivity contribution is 0.121. The van der Waals surface area contributed by atoms with E-state index in [1.807, 2.05) is 12.1 Å². The molecule has 1 aromatic heterocycles. The van der Waals surface area contributed by atoms with E-state index in [1.54, 1.807) is 20.2 Å². The fourth-order valence-electron chi connectivity index (χ4n) is 1.96. The summed E-state index contributed by atoms with van der Waals surface area (Å²) < 4.78 is 5.32. The first-order chi connectivity index (χ1) is 7.70. The van der Waals surface area contributed by atoms with Gasteiger partial charge in [-0.2, -0.15) is 0 Å². The molecular weight excluding hydrogens is 204 g/mol. The van der Waals surface area contributed by atoms with Gasteiger partial charge in [0, 0.05) is 26.4 Å². The lowest BCUT2D eigenvalue weighted by Gasteiger charge is -2.17. The van der Waals surface area contributed by atoms with Gasteiger partial charge in [0.05, 0.1) is 12.2 Å². The van der Waals surface area contributed by atoms with Crippen molar-refractivity contribution in [3.63, 3.8) is 0 Å². The van der Waals surface area contributed by atoms with Crippen LogP contribution >= 0.6 is 0 Å². The zero-order valence-corrected chi connectivity index (χ0v) is 9.76. The third-order valence-corrected chi connectivity index (χ3v) is 3.06. The fourth-order valence-corrected chi connectivity index (χ4v) is 1.96. The summed E-state index contributed by atoms with van der Waals surface area (Å²) in [4.78, 5) is 6.57. The van der Waals surface area contributed by atoms with E-state index in [2.05, 4.69) is 9.88 Å². The van der Waals surface area contributed by atoms with E-state index >= 15 is 0 Å². The van der Waals surface area contributed by atoms with Gasteiger partial charge >= 0.3 is 0 Å². The molecule has 1 aliphatic heterocycles. The van der Waals surface area contributed by atoms with Crippen molar-refractivity contribution in [2.75, 3.05) is 25.1 Å². The van der Waals surface area contributed by atoms with Gasteiger partial charge in [-0.25, -0.2) is 4.98 Å². The van der Waals surface area contributed by atoms with Crippen LogP contribution in [0.2, 0.25) is 0 Å². The zero-order chi connectivity index (χ0) is 11.5. The van der Waals surface area contributed by atoms with Crippen molar-refractivity contribution >= 4 is 5.82 Å². The molecule has 0 aliphatic carbocycles. The van der Waals surface area contributed by atoms with Gasteiger partial charge in [0.2, 0.25) is 0 Å². The number of pyridine rings is 1. The maximum Gasteiger partial charge on any atom is 0.128 e. The van der Waals surface area contributed by atoms with Crippen molar-refractivity contribution in [3.8, 4) is 0 Å². The van der Waals surface area contributed by atoms with Crippen LogP contribution < -0.4 is 4.90 Å². The lowest BCUT2D eigenvalue weighted by Crippen LogP contribution is -2.23. The summed E-state index contributed by atoms with van der Waals surface area (Å²) in [6, 6.07) is 3.88. The largest absolute Gasteiger partial charge is 0.389 e. The van der Waals surface area contributed by atoms with Gasteiger partial charge in [-0.1, -0.05) is 6.07 Å². The Kier molecular flexibility index (Phi) is 3.41. The van der Waals surface area contributed by atoms with Crippen LogP contribution in [0.1, 0.15) is 25.0 Å². The maximum atomic E-state index is 9.39. The second-order valence-corrected chi connectivity index (χ2v) is 4.22. The smallest absolute Gasteiger partial charge is 0.128 e. The normalized spacial score (nSPS) is 22.4. The highest BCUT2D eigenvalue weighted by atomic mass is 16.5. The molecule has 2 unspecified atom stereocenters. The van der Waals surface area contributed by atoms with Crippen LogP contribution in [0.25, 0.3) is 0 Å². The lowest BCUT2D eigenvalue weighted by atomic mass is 10.2. The number of aliphatic hydroxyl groups excluding tert-OH is 1. The number of ether oxygens (including phenoxy) is 1. The van der Waals surface area contributed by atoms with E-state index in [4.69, 9.17) is 4.74 Å². The number of aromatic nitrogens is 1. The van der Waals surface area contributed by atoms with E-state index in [0.29, 0.717) is 6.10 Å². The van der Waals surface area contributed by atoms with E-state index in [-0.39, 0.29) is 0 Å². The Morgan fingerprint density at radius 2 is 2.38 bits per heavy atom. The predicted molar refractivity (Wildman–Crippen MR) is 62.5 cm³/mol. The van der Waals surface area contributed by atoms with Crippen LogP contribution in [-0.2, 0) is 4.74 Å². The molecule has 2 rings (SSSR count). The van der Waals surface area contributed by atoms with Crippen LogP contribution in [-0.4, -0.2) is 36.4 Å². The second kappa shape index (κ2) is 4.80. The highest BCUT2D eigenvalue weighted by Gasteiger charge is 2.22. The molecule has 1 N–H and O–H groups in total. The van der Waals surface area contributed by atoms with E-state index in [1.165, 1.54) is 0 Å². The molecule has 1 aromatic rings. The van der Waals surface area contributed by atoms with Crippen molar-refractivity contribution in [1.82, 2.24) is 4.98 Å². The molecule has 2 heterocycles. The van der Waals surface area contributed by atoms with Crippen molar-refractivity contribution in [2.45, 2.75) is 25.6 Å². The third kappa shape index (κ3) is 2.33. The van der Waals surface area contributed by atoms with Crippen molar-refractivity contribution < 1.29 is 9.84 Å². The minimum Gasteiger partial charge on any atom is -0.389 e. The predicted octanol–water partition coefficient (Wildman–Crippen LogP) is 1.36. The number of nitrogens with zero attached hydrogens (tertiary/aromatic N) is 2. The first-order valence-corrected chi connectivity index (χ1v) is 5.62. The Morgan fingerprint density at radius 1 is 1.56 bits per heavy atom. The average Bonchev–Trinajstić information content (AvgIpc) is 2.77. The van der Waals surface area contributed by atoms with Gasteiger partial charge < -0.3 is 14.7 Å². The van der Waals surface area contributed by atoms with Crippen LogP contribution in [0.5, 0.6) is 0 Å². The Morgan fingerprint density at radius 3 is 2.88 bits per heavy atom. The Balaban J connectivity index is 2.05. The summed E-state index contributed by atoms with van der Waals surface area (Å²) in [6.45, 7) is 3.63. The van der Waals surface area contributed by atoms with Crippen molar-refractivity contribution in [2.24, 2.45) is 0 Å². The van der Waals surface area contributed by atoms with Gasteiger partial charge in [0.25, 0.3) is 0 Å². The number of hydrogen-bond donors (Lipinski definition) is 1.